The predicted molar refractivity (Wildman–Crippen MR) is 69.3 cm³/mol. The average Bonchev–Trinajstić information content (AvgIpc) is 2.61. The van der Waals surface area contributed by atoms with Crippen molar-refractivity contribution in [2.24, 2.45) is 5.10 Å². The van der Waals surface area contributed by atoms with Crippen molar-refractivity contribution in [3.8, 4) is 11.5 Å². The number of hydrazone groups is 1. The van der Waals surface area contributed by atoms with Gasteiger partial charge in [-0.05, 0) is 23.8 Å². The fraction of sp³-hybridized carbons (Fsp3) is 0.100. The van der Waals surface area contributed by atoms with Gasteiger partial charge < -0.3 is 10.2 Å². The lowest BCUT2D eigenvalue weighted by Gasteiger charge is -2.06. The third-order valence-electron chi connectivity index (χ3n) is 2.05. The normalized spacial score (nSPS) is 16.1. The molecule has 2 rings (SSSR count). The lowest BCUT2D eigenvalue weighted by molar-refractivity contribution is -0.123. The largest absolute Gasteiger partial charge is 0.504 e. The molecule has 1 aromatic carbocycles. The van der Waals surface area contributed by atoms with Crippen LogP contribution in [0.1, 0.15) is 5.56 Å². The second-order valence-corrected chi connectivity index (χ2v) is 4.86. The van der Waals surface area contributed by atoms with E-state index < -0.39 is 0 Å². The Labute approximate surface area is 107 Å². The van der Waals surface area contributed by atoms with E-state index in [0.29, 0.717) is 15.6 Å². The molecule has 1 saturated heterocycles. The second kappa shape index (κ2) is 4.72. The summed E-state index contributed by atoms with van der Waals surface area (Å²) in [5, 5.41) is 23.5. The zero-order valence-corrected chi connectivity index (χ0v) is 10.2. The van der Waals surface area contributed by atoms with Gasteiger partial charge in [-0.3, -0.25) is 4.79 Å². The van der Waals surface area contributed by atoms with E-state index in [2.05, 4.69) is 5.10 Å². The standard InChI is InChI=1S/C10H8N2O3S2/c13-7-2-1-6(3-8(7)14)4-11-12-9(15)5-17-10(12)16/h1-4,13-14H,5H2. The SMILES string of the molecule is O=C1CSC(=S)N1N=Cc1ccc(O)c(O)c1. The number of carbonyl (C=O) groups excluding carboxylic acids is 1. The number of nitrogens with zero attached hydrogens (tertiary/aromatic N) is 2. The van der Waals surface area contributed by atoms with E-state index in [1.54, 1.807) is 6.07 Å². The summed E-state index contributed by atoms with van der Waals surface area (Å²) in [6.45, 7) is 0. The van der Waals surface area contributed by atoms with E-state index in [1.807, 2.05) is 0 Å². The van der Waals surface area contributed by atoms with Gasteiger partial charge in [-0.25, -0.2) is 0 Å². The van der Waals surface area contributed by atoms with Gasteiger partial charge in [-0.15, -0.1) is 0 Å². The Morgan fingerprint density at radius 2 is 2.18 bits per heavy atom. The lowest BCUT2D eigenvalue weighted by Crippen LogP contribution is -2.22. The Hall–Kier alpha value is -1.60. The Bertz CT molecular complexity index is 500. The van der Waals surface area contributed by atoms with Gasteiger partial charge in [0.25, 0.3) is 5.91 Å². The van der Waals surface area contributed by atoms with Crippen LogP contribution in [-0.2, 0) is 4.79 Å². The molecule has 1 fully saturated rings. The zero-order chi connectivity index (χ0) is 12.4. The van der Waals surface area contributed by atoms with Gasteiger partial charge in [0, 0.05) is 0 Å². The molecule has 1 heterocycles. The minimum atomic E-state index is -0.237. The molecule has 1 amide bonds. The minimum absolute atomic E-state index is 0.167. The summed E-state index contributed by atoms with van der Waals surface area (Å²) in [4.78, 5) is 11.3. The van der Waals surface area contributed by atoms with Gasteiger partial charge >= 0.3 is 0 Å². The molecule has 0 bridgehead atoms. The summed E-state index contributed by atoms with van der Waals surface area (Å²) in [5.41, 5.74) is 0.563. The van der Waals surface area contributed by atoms with Crippen LogP contribution >= 0.6 is 24.0 Å². The molecule has 88 valence electrons. The Kier molecular flexibility index (Phi) is 3.30. The smallest absolute Gasteiger partial charge is 0.259 e. The van der Waals surface area contributed by atoms with Crippen LogP contribution in [0.5, 0.6) is 11.5 Å². The molecule has 0 radical (unpaired) electrons. The van der Waals surface area contributed by atoms with E-state index in [1.165, 1.54) is 30.1 Å². The molecule has 0 spiro atoms. The van der Waals surface area contributed by atoms with Crippen LogP contribution in [0, 0.1) is 0 Å². The van der Waals surface area contributed by atoms with Crippen molar-refractivity contribution >= 4 is 40.4 Å². The van der Waals surface area contributed by atoms with Crippen LogP contribution in [0.2, 0.25) is 0 Å². The average molecular weight is 268 g/mol. The molecule has 0 aromatic heterocycles. The Balaban J connectivity index is 2.17. The number of aromatic hydroxyl groups is 2. The molecule has 1 aliphatic rings. The molecule has 2 N–H and O–H groups in total. The van der Waals surface area contributed by atoms with Gasteiger partial charge in [0.2, 0.25) is 0 Å². The maximum absolute atomic E-state index is 11.3. The number of thiocarbonyl (C=S) groups is 1. The molecular weight excluding hydrogens is 260 g/mol. The van der Waals surface area contributed by atoms with Crippen molar-refractivity contribution < 1.29 is 15.0 Å². The first-order chi connectivity index (χ1) is 8.08. The van der Waals surface area contributed by atoms with E-state index >= 15 is 0 Å². The van der Waals surface area contributed by atoms with Gasteiger partial charge in [-0.1, -0.05) is 24.0 Å². The van der Waals surface area contributed by atoms with Crippen molar-refractivity contribution in [1.82, 2.24) is 5.01 Å². The molecule has 5 nitrogen and oxygen atoms in total. The minimum Gasteiger partial charge on any atom is -0.504 e. The van der Waals surface area contributed by atoms with Gasteiger partial charge in [0.1, 0.15) is 0 Å². The first-order valence-electron chi connectivity index (χ1n) is 4.63. The molecule has 1 aliphatic heterocycles. The summed E-state index contributed by atoms with van der Waals surface area (Å²) < 4.78 is 0.411. The topological polar surface area (TPSA) is 73.1 Å². The highest BCUT2D eigenvalue weighted by Crippen LogP contribution is 2.24. The number of phenols is 2. The molecule has 7 heteroatoms. The van der Waals surface area contributed by atoms with Crippen LogP contribution in [0.4, 0.5) is 0 Å². The van der Waals surface area contributed by atoms with Crippen molar-refractivity contribution in [2.75, 3.05) is 5.75 Å². The maximum atomic E-state index is 11.3. The highest BCUT2D eigenvalue weighted by molar-refractivity contribution is 8.23. The van der Waals surface area contributed by atoms with E-state index in [-0.39, 0.29) is 17.4 Å². The third-order valence-corrected chi connectivity index (χ3v) is 3.39. The number of hydrogen-bond donors (Lipinski definition) is 2. The number of phenolic OH excluding ortho intramolecular Hbond substituents is 2. The highest BCUT2D eigenvalue weighted by atomic mass is 32.2. The van der Waals surface area contributed by atoms with Crippen LogP contribution in [0.15, 0.2) is 23.3 Å². The quantitative estimate of drug-likeness (QED) is 0.480. The number of benzene rings is 1. The molecule has 0 saturated carbocycles. The molecule has 17 heavy (non-hydrogen) atoms. The lowest BCUT2D eigenvalue weighted by atomic mass is 10.2. The van der Waals surface area contributed by atoms with Crippen molar-refractivity contribution in [3.63, 3.8) is 0 Å². The number of thioether (sulfide) groups is 1. The van der Waals surface area contributed by atoms with Crippen molar-refractivity contribution in [3.05, 3.63) is 23.8 Å². The zero-order valence-electron chi connectivity index (χ0n) is 8.53. The van der Waals surface area contributed by atoms with Crippen LogP contribution in [0.3, 0.4) is 0 Å². The van der Waals surface area contributed by atoms with Crippen LogP contribution < -0.4 is 0 Å². The maximum Gasteiger partial charge on any atom is 0.259 e. The predicted octanol–water partition coefficient (Wildman–Crippen LogP) is 1.29. The summed E-state index contributed by atoms with van der Waals surface area (Å²) in [5.74, 6) is -0.305. The summed E-state index contributed by atoms with van der Waals surface area (Å²) in [7, 11) is 0. The number of carbonyl (C=O) groups is 1. The molecule has 0 atom stereocenters. The fourth-order valence-corrected chi connectivity index (χ4v) is 2.17. The van der Waals surface area contributed by atoms with E-state index in [9.17, 15) is 9.90 Å². The summed E-state index contributed by atoms with van der Waals surface area (Å²) in [6, 6.07) is 4.25. The van der Waals surface area contributed by atoms with E-state index in [4.69, 9.17) is 17.3 Å². The fourth-order valence-electron chi connectivity index (χ4n) is 1.20. The van der Waals surface area contributed by atoms with Gasteiger partial charge in [-0.2, -0.15) is 10.1 Å². The Morgan fingerprint density at radius 3 is 2.76 bits per heavy atom. The van der Waals surface area contributed by atoms with Crippen LogP contribution in [0.25, 0.3) is 0 Å². The number of amides is 1. The number of rotatable bonds is 2. The molecule has 1 aromatic rings. The van der Waals surface area contributed by atoms with Gasteiger partial charge in [0.05, 0.1) is 12.0 Å². The van der Waals surface area contributed by atoms with Gasteiger partial charge in [0.15, 0.2) is 15.8 Å². The first kappa shape index (κ1) is 11.9. The van der Waals surface area contributed by atoms with Crippen LogP contribution in [-0.4, -0.2) is 37.4 Å². The molecule has 0 aliphatic carbocycles. The summed E-state index contributed by atoms with van der Waals surface area (Å²) >= 11 is 6.20. The number of hydrogen-bond acceptors (Lipinski definition) is 6. The summed E-state index contributed by atoms with van der Waals surface area (Å²) in [6.07, 6.45) is 1.40. The van der Waals surface area contributed by atoms with Crippen molar-refractivity contribution in [2.45, 2.75) is 0 Å². The Morgan fingerprint density at radius 1 is 1.41 bits per heavy atom. The monoisotopic (exact) mass is 268 g/mol. The molecule has 0 unspecified atom stereocenters. The first-order valence-corrected chi connectivity index (χ1v) is 6.03. The second-order valence-electron chi connectivity index (χ2n) is 3.25. The third kappa shape index (κ3) is 2.56. The highest BCUT2D eigenvalue weighted by Gasteiger charge is 2.25. The molecular formula is C10H8N2O3S2. The van der Waals surface area contributed by atoms with Crippen molar-refractivity contribution in [1.29, 1.82) is 0 Å². The van der Waals surface area contributed by atoms with E-state index in [0.717, 1.165) is 5.01 Å².